The van der Waals surface area contributed by atoms with Crippen LogP contribution in [0.2, 0.25) is 0 Å². The first kappa shape index (κ1) is 26.6. The zero-order chi connectivity index (χ0) is 27.5. The molecule has 7 nitrogen and oxygen atoms in total. The highest BCUT2D eigenvalue weighted by Crippen LogP contribution is 2.35. The van der Waals surface area contributed by atoms with Crippen LogP contribution < -0.4 is 10.1 Å². The minimum Gasteiger partial charge on any atom is -0.495 e. The number of ether oxygens (including phenoxy) is 1. The van der Waals surface area contributed by atoms with Crippen molar-refractivity contribution >= 4 is 80.0 Å². The number of nitrogens with one attached hydrogen (secondary N) is 1. The van der Waals surface area contributed by atoms with E-state index < -0.39 is 5.97 Å². The molecule has 2 amide bonds. The number of hydrogen-bond acceptors (Lipinski definition) is 7. The van der Waals surface area contributed by atoms with Gasteiger partial charge < -0.3 is 15.2 Å². The summed E-state index contributed by atoms with van der Waals surface area (Å²) >= 11 is 8.19. The van der Waals surface area contributed by atoms with Crippen LogP contribution in [-0.4, -0.2) is 45.8 Å². The lowest BCUT2D eigenvalue weighted by Gasteiger charge is -2.15. The normalized spacial score (nSPS) is 14.3. The van der Waals surface area contributed by atoms with Crippen molar-refractivity contribution in [2.45, 2.75) is 6.42 Å². The molecule has 0 spiro atoms. The molecule has 0 unspecified atom stereocenters. The molecule has 196 valence electrons. The number of benzene rings is 3. The lowest BCUT2D eigenvalue weighted by molar-refractivity contribution is -0.122. The first-order valence-electron chi connectivity index (χ1n) is 11.9. The Labute approximate surface area is 238 Å². The summed E-state index contributed by atoms with van der Waals surface area (Å²) in [6.07, 6.45) is 1.85. The summed E-state index contributed by atoms with van der Waals surface area (Å²) in [6, 6.07) is 20.8. The number of carboxylic acids is 1. The standard InChI is InChI=1S/C29H22N2O5S3/c1-36-24-14-20(28(34)35)8-9-23(24)30-26(32)10-11-31-27(33)25(39-29(31)37)15-22-13-21(16-38-22)19-7-6-17-4-2-3-5-18(17)12-19/h2-9,12-16H,10-11H2,1H3,(H,30,32)(H,34,35). The van der Waals surface area contributed by atoms with E-state index in [1.54, 1.807) is 11.3 Å². The Balaban J connectivity index is 1.23. The summed E-state index contributed by atoms with van der Waals surface area (Å²) in [5.74, 6) is -1.45. The van der Waals surface area contributed by atoms with Gasteiger partial charge in [-0.25, -0.2) is 4.79 Å². The minimum absolute atomic E-state index is 0.00860. The molecule has 0 saturated carbocycles. The van der Waals surface area contributed by atoms with Gasteiger partial charge in [0.05, 0.1) is 23.3 Å². The number of rotatable bonds is 8. The fourth-order valence-corrected chi connectivity index (χ4v) is 6.35. The zero-order valence-corrected chi connectivity index (χ0v) is 23.1. The highest BCUT2D eigenvalue weighted by molar-refractivity contribution is 8.26. The van der Waals surface area contributed by atoms with Gasteiger partial charge in [0.2, 0.25) is 5.91 Å². The van der Waals surface area contributed by atoms with Gasteiger partial charge in [0.1, 0.15) is 10.1 Å². The van der Waals surface area contributed by atoms with Gasteiger partial charge in [0.15, 0.2) is 0 Å². The lowest BCUT2D eigenvalue weighted by Crippen LogP contribution is -2.31. The van der Waals surface area contributed by atoms with Crippen molar-refractivity contribution in [1.82, 2.24) is 4.90 Å². The van der Waals surface area contributed by atoms with E-state index in [0.717, 1.165) is 16.0 Å². The molecule has 0 bridgehead atoms. The maximum absolute atomic E-state index is 13.1. The number of carboxylic acid groups (broad SMARTS) is 1. The number of carbonyl (C=O) groups excluding carboxylic acids is 2. The van der Waals surface area contributed by atoms with Crippen molar-refractivity contribution in [1.29, 1.82) is 0 Å². The number of nitrogens with zero attached hydrogens (tertiary/aromatic N) is 1. The molecule has 1 aromatic heterocycles. The quantitative estimate of drug-likeness (QED) is 0.183. The minimum atomic E-state index is -1.10. The first-order valence-corrected chi connectivity index (χ1v) is 14.0. The average molecular weight is 575 g/mol. The van der Waals surface area contributed by atoms with Crippen LogP contribution in [0, 0.1) is 0 Å². The number of thiocarbonyl (C=S) groups is 1. The summed E-state index contributed by atoms with van der Waals surface area (Å²) in [5, 5.41) is 16.3. The van der Waals surface area contributed by atoms with Crippen LogP contribution in [0.1, 0.15) is 21.7 Å². The molecule has 10 heteroatoms. The second-order valence-corrected chi connectivity index (χ2v) is 11.3. The molecule has 5 rings (SSSR count). The van der Waals surface area contributed by atoms with Crippen molar-refractivity contribution < 1.29 is 24.2 Å². The van der Waals surface area contributed by atoms with Gasteiger partial charge in [-0.3, -0.25) is 14.5 Å². The van der Waals surface area contributed by atoms with E-state index in [0.29, 0.717) is 14.9 Å². The summed E-state index contributed by atoms with van der Waals surface area (Å²) < 4.78 is 5.59. The topological polar surface area (TPSA) is 95.9 Å². The second-order valence-electron chi connectivity index (χ2n) is 8.65. The smallest absolute Gasteiger partial charge is 0.335 e. The number of thiophene rings is 1. The maximum atomic E-state index is 13.1. The van der Waals surface area contributed by atoms with E-state index in [1.165, 1.54) is 52.7 Å². The third-order valence-electron chi connectivity index (χ3n) is 6.13. The van der Waals surface area contributed by atoms with Crippen LogP contribution in [0.5, 0.6) is 5.75 Å². The third kappa shape index (κ3) is 5.88. The summed E-state index contributed by atoms with van der Waals surface area (Å²) in [4.78, 5) is 39.7. The molecule has 3 aromatic carbocycles. The van der Waals surface area contributed by atoms with E-state index >= 15 is 0 Å². The van der Waals surface area contributed by atoms with E-state index in [4.69, 9.17) is 22.1 Å². The first-order chi connectivity index (χ1) is 18.8. The fourth-order valence-electron chi connectivity index (χ4n) is 4.12. The van der Waals surface area contributed by atoms with Crippen LogP contribution >= 0.6 is 35.3 Å². The third-order valence-corrected chi connectivity index (χ3v) is 8.39. The van der Waals surface area contributed by atoms with Gasteiger partial charge in [-0.1, -0.05) is 60.4 Å². The van der Waals surface area contributed by atoms with Crippen LogP contribution in [0.15, 0.2) is 77.0 Å². The SMILES string of the molecule is COc1cc(C(=O)O)ccc1NC(=O)CCN1C(=O)C(=Cc2cc(-c3ccc4ccccc4c3)cs2)SC1=S. The molecule has 39 heavy (non-hydrogen) atoms. The largest absolute Gasteiger partial charge is 0.495 e. The van der Waals surface area contributed by atoms with Gasteiger partial charge in [-0.15, -0.1) is 11.3 Å². The Morgan fingerprint density at radius 1 is 1.05 bits per heavy atom. The predicted molar refractivity (Wildman–Crippen MR) is 160 cm³/mol. The second kappa shape index (κ2) is 11.4. The zero-order valence-electron chi connectivity index (χ0n) is 20.7. The van der Waals surface area contributed by atoms with Crippen molar-refractivity contribution in [3.63, 3.8) is 0 Å². The van der Waals surface area contributed by atoms with Gasteiger partial charge in [-0.05, 0) is 63.7 Å². The highest BCUT2D eigenvalue weighted by Gasteiger charge is 2.32. The number of hydrogen-bond donors (Lipinski definition) is 2. The Morgan fingerprint density at radius 2 is 1.85 bits per heavy atom. The van der Waals surface area contributed by atoms with E-state index in [9.17, 15) is 14.4 Å². The van der Waals surface area contributed by atoms with Crippen molar-refractivity contribution in [2.24, 2.45) is 0 Å². The predicted octanol–water partition coefficient (Wildman–Crippen LogP) is 6.51. The molecule has 1 saturated heterocycles. The highest BCUT2D eigenvalue weighted by atomic mass is 32.2. The van der Waals surface area contributed by atoms with Crippen LogP contribution in [0.25, 0.3) is 28.0 Å². The molecule has 2 heterocycles. The molecular weight excluding hydrogens is 553 g/mol. The fraction of sp³-hybridized carbons (Fsp3) is 0.103. The molecule has 0 radical (unpaired) electrons. The summed E-state index contributed by atoms with van der Waals surface area (Å²) in [6.45, 7) is 0.121. The summed E-state index contributed by atoms with van der Waals surface area (Å²) in [7, 11) is 1.39. The molecule has 0 atom stereocenters. The number of amides is 2. The Hall–Kier alpha value is -3.99. The molecular formula is C29H22N2O5S3. The van der Waals surface area contributed by atoms with Crippen molar-refractivity contribution in [2.75, 3.05) is 19.0 Å². The number of anilines is 1. The van der Waals surface area contributed by atoms with E-state index in [2.05, 4.69) is 47.1 Å². The van der Waals surface area contributed by atoms with Gasteiger partial charge in [-0.2, -0.15) is 0 Å². The Bertz CT molecular complexity index is 1660. The van der Waals surface area contributed by atoms with E-state index in [-0.39, 0.29) is 36.1 Å². The van der Waals surface area contributed by atoms with Gasteiger partial charge in [0.25, 0.3) is 5.91 Å². The molecule has 2 N–H and O–H groups in total. The molecule has 0 aliphatic carbocycles. The number of carbonyl (C=O) groups is 3. The van der Waals surface area contributed by atoms with Crippen molar-refractivity contribution in [3.8, 4) is 16.9 Å². The number of thioether (sulfide) groups is 1. The summed E-state index contributed by atoms with van der Waals surface area (Å²) in [5.41, 5.74) is 2.58. The monoisotopic (exact) mass is 574 g/mol. The molecule has 1 aliphatic rings. The van der Waals surface area contributed by atoms with Crippen LogP contribution in [-0.2, 0) is 9.59 Å². The molecule has 1 aliphatic heterocycles. The van der Waals surface area contributed by atoms with Crippen LogP contribution in [0.4, 0.5) is 5.69 Å². The van der Waals surface area contributed by atoms with Crippen molar-refractivity contribution in [3.05, 3.63) is 87.5 Å². The van der Waals surface area contributed by atoms with Gasteiger partial charge in [0, 0.05) is 17.8 Å². The molecule has 4 aromatic rings. The average Bonchev–Trinajstić information content (AvgIpc) is 3.51. The lowest BCUT2D eigenvalue weighted by atomic mass is 10.0. The number of aromatic carboxylic acids is 1. The molecule has 1 fully saturated rings. The Morgan fingerprint density at radius 3 is 2.62 bits per heavy atom. The van der Waals surface area contributed by atoms with Gasteiger partial charge >= 0.3 is 5.97 Å². The Kier molecular flexibility index (Phi) is 7.78. The number of methoxy groups -OCH3 is 1. The van der Waals surface area contributed by atoms with Crippen LogP contribution in [0.3, 0.4) is 0 Å². The number of fused-ring (bicyclic) bond motifs is 1. The van der Waals surface area contributed by atoms with E-state index in [1.807, 2.05) is 18.2 Å². The maximum Gasteiger partial charge on any atom is 0.335 e.